The summed E-state index contributed by atoms with van der Waals surface area (Å²) in [6, 6.07) is 9.45. The zero-order valence-corrected chi connectivity index (χ0v) is 11.8. The first-order valence-corrected chi connectivity index (χ1v) is 6.41. The van der Waals surface area contributed by atoms with E-state index in [1.807, 2.05) is 0 Å². The Bertz CT molecular complexity index is 759. The number of nitrogens with zero attached hydrogens (tertiary/aromatic N) is 1. The fraction of sp³-hybridized carbons (Fsp3) is 0. The molecule has 0 aromatic heterocycles. The van der Waals surface area contributed by atoms with Crippen molar-refractivity contribution in [3.05, 3.63) is 68.7 Å². The molecule has 0 unspecified atom stereocenters. The summed E-state index contributed by atoms with van der Waals surface area (Å²) in [5.41, 5.74) is 5.76. The van der Waals surface area contributed by atoms with Gasteiger partial charge in [0, 0.05) is 23.3 Å². The van der Waals surface area contributed by atoms with Crippen LogP contribution in [-0.4, -0.2) is 16.7 Å². The molecule has 0 saturated carbocycles. The van der Waals surface area contributed by atoms with E-state index in [9.17, 15) is 19.7 Å². The largest absolute Gasteiger partial charge is 0.366 e. The maximum Gasteiger partial charge on any atom is 0.271 e. The number of nitrogens with two attached hydrogens (primary N) is 1. The third-order valence-corrected chi connectivity index (χ3v) is 3.16. The van der Waals surface area contributed by atoms with E-state index in [2.05, 4.69) is 5.32 Å². The van der Waals surface area contributed by atoms with Gasteiger partial charge in [-0.3, -0.25) is 19.7 Å². The Kier molecular flexibility index (Phi) is 4.38. The van der Waals surface area contributed by atoms with Crippen molar-refractivity contribution in [1.82, 2.24) is 0 Å². The fourth-order valence-electron chi connectivity index (χ4n) is 1.70. The number of carbonyl (C=O) groups is 2. The van der Waals surface area contributed by atoms with Gasteiger partial charge >= 0.3 is 0 Å². The lowest BCUT2D eigenvalue weighted by Crippen LogP contribution is -2.14. The molecular weight excluding hydrogens is 310 g/mol. The first-order chi connectivity index (χ1) is 10.4. The highest BCUT2D eigenvalue weighted by atomic mass is 35.5. The van der Waals surface area contributed by atoms with Crippen LogP contribution in [0.4, 0.5) is 11.4 Å². The van der Waals surface area contributed by atoms with Gasteiger partial charge in [-0.1, -0.05) is 11.6 Å². The quantitative estimate of drug-likeness (QED) is 0.665. The molecule has 7 nitrogen and oxygen atoms in total. The standard InChI is InChI=1S/C14H10ClN3O4/c15-11-7-10(18(21)22)5-6-12(11)17-14(20)9-3-1-8(2-4-9)13(16)19/h1-7H,(H2,16,19)(H,17,20). The summed E-state index contributed by atoms with van der Waals surface area (Å²) in [5.74, 6) is -1.06. The molecule has 0 radical (unpaired) electrons. The van der Waals surface area contributed by atoms with Gasteiger partial charge < -0.3 is 11.1 Å². The number of non-ortho nitro benzene ring substituents is 1. The van der Waals surface area contributed by atoms with Crippen LogP contribution < -0.4 is 11.1 Å². The molecule has 0 heterocycles. The molecule has 0 spiro atoms. The molecule has 2 aromatic rings. The van der Waals surface area contributed by atoms with Gasteiger partial charge in [0.15, 0.2) is 0 Å². The molecular formula is C14H10ClN3O4. The summed E-state index contributed by atoms with van der Waals surface area (Å²) >= 11 is 5.89. The highest BCUT2D eigenvalue weighted by Gasteiger charge is 2.13. The Morgan fingerprint density at radius 3 is 2.18 bits per heavy atom. The highest BCUT2D eigenvalue weighted by Crippen LogP contribution is 2.27. The zero-order valence-electron chi connectivity index (χ0n) is 11.1. The number of nitrogens with one attached hydrogen (secondary N) is 1. The first kappa shape index (κ1) is 15.5. The van der Waals surface area contributed by atoms with Gasteiger partial charge in [0.1, 0.15) is 0 Å². The van der Waals surface area contributed by atoms with E-state index in [-0.39, 0.29) is 22.0 Å². The summed E-state index contributed by atoms with van der Waals surface area (Å²) in [6.07, 6.45) is 0. The van der Waals surface area contributed by atoms with Crippen LogP contribution in [0.5, 0.6) is 0 Å². The maximum absolute atomic E-state index is 12.0. The predicted octanol–water partition coefficient (Wildman–Crippen LogP) is 2.60. The molecule has 2 rings (SSSR count). The SMILES string of the molecule is NC(=O)c1ccc(C(=O)Nc2ccc([N+](=O)[O-])cc2Cl)cc1. The second-order valence-corrected chi connectivity index (χ2v) is 4.72. The van der Waals surface area contributed by atoms with E-state index in [1.54, 1.807) is 0 Å². The number of carbonyl (C=O) groups excluding carboxylic acids is 2. The predicted molar refractivity (Wildman–Crippen MR) is 81.0 cm³/mol. The maximum atomic E-state index is 12.0. The van der Waals surface area contributed by atoms with E-state index in [4.69, 9.17) is 17.3 Å². The van der Waals surface area contributed by atoms with Crippen molar-refractivity contribution in [1.29, 1.82) is 0 Å². The summed E-state index contributed by atoms with van der Waals surface area (Å²) in [7, 11) is 0. The molecule has 0 aliphatic heterocycles. The van der Waals surface area contributed by atoms with Gasteiger partial charge in [0.2, 0.25) is 5.91 Å². The van der Waals surface area contributed by atoms with Crippen LogP contribution >= 0.6 is 11.6 Å². The van der Waals surface area contributed by atoms with E-state index in [1.165, 1.54) is 36.4 Å². The topological polar surface area (TPSA) is 115 Å². The molecule has 2 aromatic carbocycles. The molecule has 8 heteroatoms. The second kappa shape index (κ2) is 6.23. The molecule has 0 atom stereocenters. The van der Waals surface area contributed by atoms with Gasteiger partial charge in [-0.05, 0) is 30.3 Å². The second-order valence-electron chi connectivity index (χ2n) is 4.32. The highest BCUT2D eigenvalue weighted by molar-refractivity contribution is 6.34. The number of halogens is 1. The van der Waals surface area contributed by atoms with Gasteiger partial charge in [0.25, 0.3) is 11.6 Å². The first-order valence-electron chi connectivity index (χ1n) is 6.03. The number of primary amides is 1. The van der Waals surface area contributed by atoms with E-state index in [0.717, 1.165) is 6.07 Å². The lowest BCUT2D eigenvalue weighted by Gasteiger charge is -2.07. The Morgan fingerprint density at radius 1 is 1.09 bits per heavy atom. The number of anilines is 1. The van der Waals surface area contributed by atoms with E-state index < -0.39 is 16.7 Å². The van der Waals surface area contributed by atoms with Crippen molar-refractivity contribution in [2.75, 3.05) is 5.32 Å². The molecule has 0 bridgehead atoms. The van der Waals surface area contributed by atoms with Crippen LogP contribution in [0.25, 0.3) is 0 Å². The van der Waals surface area contributed by atoms with Crippen LogP contribution in [0, 0.1) is 10.1 Å². The van der Waals surface area contributed by atoms with Crippen LogP contribution in [0.1, 0.15) is 20.7 Å². The van der Waals surface area contributed by atoms with Crippen LogP contribution in [-0.2, 0) is 0 Å². The summed E-state index contributed by atoms with van der Waals surface area (Å²) < 4.78 is 0. The average Bonchev–Trinajstić information content (AvgIpc) is 2.49. The minimum Gasteiger partial charge on any atom is -0.366 e. The molecule has 0 aliphatic rings. The summed E-state index contributed by atoms with van der Waals surface area (Å²) in [4.78, 5) is 33.0. The number of benzene rings is 2. The summed E-state index contributed by atoms with van der Waals surface area (Å²) in [5, 5.41) is 13.2. The van der Waals surface area contributed by atoms with Crippen molar-refractivity contribution in [3.8, 4) is 0 Å². The number of nitro benzene ring substituents is 1. The lowest BCUT2D eigenvalue weighted by atomic mass is 10.1. The van der Waals surface area contributed by atoms with Crippen LogP contribution in [0.15, 0.2) is 42.5 Å². The fourth-order valence-corrected chi connectivity index (χ4v) is 1.92. The van der Waals surface area contributed by atoms with E-state index in [0.29, 0.717) is 5.56 Å². The smallest absolute Gasteiger partial charge is 0.271 e. The average molecular weight is 320 g/mol. The number of hydrogen-bond acceptors (Lipinski definition) is 4. The minimum atomic E-state index is -0.592. The minimum absolute atomic E-state index is 0.0521. The monoisotopic (exact) mass is 319 g/mol. The summed E-state index contributed by atoms with van der Waals surface area (Å²) in [6.45, 7) is 0. The van der Waals surface area contributed by atoms with Gasteiger partial charge in [0.05, 0.1) is 15.6 Å². The zero-order chi connectivity index (χ0) is 16.3. The molecule has 0 fully saturated rings. The number of amides is 2. The van der Waals surface area contributed by atoms with Gasteiger partial charge in [-0.2, -0.15) is 0 Å². The van der Waals surface area contributed by atoms with Crippen molar-refractivity contribution in [3.63, 3.8) is 0 Å². The van der Waals surface area contributed by atoms with Crippen molar-refractivity contribution in [2.24, 2.45) is 5.73 Å². The number of nitro groups is 1. The van der Waals surface area contributed by atoms with E-state index >= 15 is 0 Å². The molecule has 22 heavy (non-hydrogen) atoms. The Balaban J connectivity index is 2.18. The van der Waals surface area contributed by atoms with Crippen molar-refractivity contribution >= 4 is 34.8 Å². The molecule has 112 valence electrons. The molecule has 2 amide bonds. The molecule has 0 aliphatic carbocycles. The number of rotatable bonds is 4. The molecule has 0 saturated heterocycles. The molecule has 3 N–H and O–H groups in total. The normalized spacial score (nSPS) is 10.0. The lowest BCUT2D eigenvalue weighted by molar-refractivity contribution is -0.384. The third kappa shape index (κ3) is 3.39. The Labute approximate surface area is 129 Å². The number of hydrogen-bond donors (Lipinski definition) is 2. The van der Waals surface area contributed by atoms with Gasteiger partial charge in [-0.25, -0.2) is 0 Å². The Hall–Kier alpha value is -2.93. The van der Waals surface area contributed by atoms with Crippen LogP contribution in [0.3, 0.4) is 0 Å². The Morgan fingerprint density at radius 2 is 1.68 bits per heavy atom. The van der Waals surface area contributed by atoms with Crippen molar-refractivity contribution in [2.45, 2.75) is 0 Å². The third-order valence-electron chi connectivity index (χ3n) is 2.84. The van der Waals surface area contributed by atoms with Crippen LogP contribution in [0.2, 0.25) is 5.02 Å². The van der Waals surface area contributed by atoms with Crippen molar-refractivity contribution < 1.29 is 14.5 Å². The van der Waals surface area contributed by atoms with Gasteiger partial charge in [-0.15, -0.1) is 0 Å².